The van der Waals surface area contributed by atoms with Crippen molar-refractivity contribution in [3.8, 4) is 0 Å². The van der Waals surface area contributed by atoms with E-state index in [0.717, 1.165) is 15.2 Å². The van der Waals surface area contributed by atoms with E-state index in [4.69, 9.17) is 0 Å². The fourth-order valence-corrected chi connectivity index (χ4v) is 3.30. The topological polar surface area (TPSA) is 79.4 Å². The summed E-state index contributed by atoms with van der Waals surface area (Å²) < 4.78 is 25.5. The summed E-state index contributed by atoms with van der Waals surface area (Å²) >= 11 is 0. The molecule has 0 aliphatic rings. The van der Waals surface area contributed by atoms with Crippen LogP contribution in [-0.2, 0) is 10.0 Å². The highest BCUT2D eigenvalue weighted by Gasteiger charge is 2.18. The van der Waals surface area contributed by atoms with Gasteiger partial charge in [0.25, 0.3) is 5.91 Å². The third-order valence-corrected chi connectivity index (χ3v) is 5.53. The summed E-state index contributed by atoms with van der Waals surface area (Å²) in [5, 5.41) is 3.66. The number of carbonyl (C=O) groups excluding carboxylic acids is 1. The largest absolute Gasteiger partial charge is 0.321 e. The Morgan fingerprint density at radius 2 is 1.80 bits per heavy atom. The van der Waals surface area contributed by atoms with E-state index in [1.807, 2.05) is 30.3 Å². The molecule has 3 aromatic rings. The van der Waals surface area contributed by atoms with Gasteiger partial charge in [-0.25, -0.2) is 12.7 Å². The summed E-state index contributed by atoms with van der Waals surface area (Å²) in [4.78, 5) is 16.8. The van der Waals surface area contributed by atoms with Gasteiger partial charge < -0.3 is 5.32 Å². The molecule has 6 nitrogen and oxygen atoms in total. The van der Waals surface area contributed by atoms with Gasteiger partial charge in [-0.1, -0.05) is 24.3 Å². The van der Waals surface area contributed by atoms with Gasteiger partial charge in [0.15, 0.2) is 0 Å². The molecule has 0 fully saturated rings. The molecule has 7 heteroatoms. The second kappa shape index (κ2) is 6.62. The van der Waals surface area contributed by atoms with Crippen LogP contribution < -0.4 is 5.32 Å². The summed E-state index contributed by atoms with van der Waals surface area (Å²) in [5.74, 6) is -0.395. The van der Waals surface area contributed by atoms with Crippen molar-refractivity contribution in [3.05, 3.63) is 66.4 Å². The van der Waals surface area contributed by atoms with Crippen LogP contribution in [0.5, 0.6) is 0 Å². The number of hydrogen-bond donors (Lipinski definition) is 1. The van der Waals surface area contributed by atoms with Gasteiger partial charge in [-0.05, 0) is 30.3 Å². The number of aromatic nitrogens is 1. The van der Waals surface area contributed by atoms with Crippen LogP contribution in [0.3, 0.4) is 0 Å². The van der Waals surface area contributed by atoms with Crippen molar-refractivity contribution >= 4 is 32.5 Å². The number of carbonyl (C=O) groups is 1. The molecule has 1 heterocycles. The fourth-order valence-electron chi connectivity index (χ4n) is 2.35. The third kappa shape index (κ3) is 3.52. The monoisotopic (exact) mass is 355 g/mol. The molecule has 0 unspecified atom stereocenters. The number of nitrogens with zero attached hydrogens (tertiary/aromatic N) is 2. The second-order valence-electron chi connectivity index (χ2n) is 5.69. The number of pyridine rings is 1. The highest BCUT2D eigenvalue weighted by molar-refractivity contribution is 7.89. The average molecular weight is 355 g/mol. The molecule has 1 aromatic heterocycles. The molecule has 1 N–H and O–H groups in total. The molecule has 0 saturated heterocycles. The Morgan fingerprint density at radius 1 is 1.04 bits per heavy atom. The van der Waals surface area contributed by atoms with Crippen LogP contribution in [0.4, 0.5) is 5.69 Å². The Kier molecular flexibility index (Phi) is 4.52. The zero-order valence-electron chi connectivity index (χ0n) is 13.8. The van der Waals surface area contributed by atoms with Gasteiger partial charge in [0.05, 0.1) is 22.3 Å². The van der Waals surface area contributed by atoms with Crippen LogP contribution in [0.2, 0.25) is 0 Å². The lowest BCUT2D eigenvalue weighted by Crippen LogP contribution is -2.22. The first-order valence-corrected chi connectivity index (χ1v) is 9.01. The SMILES string of the molecule is CN(C)S(=O)(=O)c1cccc(C(=O)Nc2cnc3ccccc3c2)c1. The lowest BCUT2D eigenvalue weighted by atomic mass is 10.2. The molecule has 1 amide bonds. The Labute approximate surface area is 146 Å². The van der Waals surface area contributed by atoms with Crippen molar-refractivity contribution in [1.82, 2.24) is 9.29 Å². The predicted octanol–water partition coefficient (Wildman–Crippen LogP) is 2.74. The van der Waals surface area contributed by atoms with Gasteiger partial charge >= 0.3 is 0 Å². The molecule has 0 saturated carbocycles. The molecule has 0 spiro atoms. The number of fused-ring (bicyclic) bond motifs is 1. The number of anilines is 1. The van der Waals surface area contributed by atoms with Crippen molar-refractivity contribution in [2.75, 3.05) is 19.4 Å². The molecule has 0 radical (unpaired) electrons. The standard InChI is InChI=1S/C18H17N3O3S/c1-21(2)25(23,24)16-8-5-7-14(11-16)18(22)20-15-10-13-6-3-4-9-17(13)19-12-15/h3-12H,1-2H3,(H,20,22). The lowest BCUT2D eigenvalue weighted by molar-refractivity contribution is 0.102. The van der Waals surface area contributed by atoms with Gasteiger partial charge in [0, 0.05) is 25.0 Å². The number of para-hydroxylation sites is 1. The number of sulfonamides is 1. The zero-order valence-corrected chi connectivity index (χ0v) is 14.6. The third-order valence-electron chi connectivity index (χ3n) is 3.72. The number of rotatable bonds is 4. The molecule has 3 rings (SSSR count). The van der Waals surface area contributed by atoms with Crippen LogP contribution in [-0.4, -0.2) is 37.7 Å². The van der Waals surface area contributed by atoms with Gasteiger partial charge in [-0.15, -0.1) is 0 Å². The zero-order chi connectivity index (χ0) is 18.0. The second-order valence-corrected chi connectivity index (χ2v) is 7.84. The number of amides is 1. The summed E-state index contributed by atoms with van der Waals surface area (Å²) in [7, 11) is -0.699. The first-order chi connectivity index (χ1) is 11.9. The van der Waals surface area contributed by atoms with Crippen molar-refractivity contribution in [1.29, 1.82) is 0 Å². The maximum Gasteiger partial charge on any atom is 0.255 e. The van der Waals surface area contributed by atoms with Crippen molar-refractivity contribution in [3.63, 3.8) is 0 Å². The van der Waals surface area contributed by atoms with E-state index in [1.54, 1.807) is 18.3 Å². The van der Waals surface area contributed by atoms with E-state index in [2.05, 4.69) is 10.3 Å². The normalized spacial score (nSPS) is 11.6. The Morgan fingerprint density at radius 3 is 2.56 bits per heavy atom. The van der Waals surface area contributed by atoms with Gasteiger partial charge in [0.2, 0.25) is 10.0 Å². The van der Waals surface area contributed by atoms with E-state index in [0.29, 0.717) is 5.69 Å². The number of nitrogens with one attached hydrogen (secondary N) is 1. The predicted molar refractivity (Wildman–Crippen MR) is 97.0 cm³/mol. The summed E-state index contributed by atoms with van der Waals surface area (Å²) in [6.45, 7) is 0. The molecule has 25 heavy (non-hydrogen) atoms. The van der Waals surface area contributed by atoms with E-state index in [9.17, 15) is 13.2 Å². The Hall–Kier alpha value is -2.77. The van der Waals surface area contributed by atoms with Crippen molar-refractivity contribution in [2.24, 2.45) is 0 Å². The molecular weight excluding hydrogens is 338 g/mol. The van der Waals surface area contributed by atoms with E-state index in [-0.39, 0.29) is 10.5 Å². The average Bonchev–Trinajstić information content (AvgIpc) is 2.61. The minimum atomic E-state index is -3.59. The van der Waals surface area contributed by atoms with E-state index < -0.39 is 15.9 Å². The van der Waals surface area contributed by atoms with Crippen LogP contribution in [0.25, 0.3) is 10.9 Å². The van der Waals surface area contributed by atoms with Gasteiger partial charge in [-0.3, -0.25) is 9.78 Å². The minimum Gasteiger partial charge on any atom is -0.321 e. The van der Waals surface area contributed by atoms with E-state index >= 15 is 0 Å². The maximum absolute atomic E-state index is 12.5. The van der Waals surface area contributed by atoms with Gasteiger partial charge in [0.1, 0.15) is 0 Å². The summed E-state index contributed by atoms with van der Waals surface area (Å²) in [6, 6.07) is 15.3. The van der Waals surface area contributed by atoms with Crippen molar-refractivity contribution < 1.29 is 13.2 Å². The van der Waals surface area contributed by atoms with Crippen LogP contribution in [0.15, 0.2) is 65.7 Å². The Bertz CT molecular complexity index is 1050. The highest BCUT2D eigenvalue weighted by atomic mass is 32.2. The number of hydrogen-bond acceptors (Lipinski definition) is 4. The Balaban J connectivity index is 1.88. The molecular formula is C18H17N3O3S. The first kappa shape index (κ1) is 17.1. The van der Waals surface area contributed by atoms with Gasteiger partial charge in [-0.2, -0.15) is 0 Å². The molecule has 2 aromatic carbocycles. The number of benzene rings is 2. The molecule has 0 atom stereocenters. The van der Waals surface area contributed by atoms with Crippen LogP contribution in [0.1, 0.15) is 10.4 Å². The maximum atomic E-state index is 12.5. The molecule has 128 valence electrons. The fraction of sp³-hybridized carbons (Fsp3) is 0.111. The summed E-state index contributed by atoms with van der Waals surface area (Å²) in [5.41, 5.74) is 1.64. The van der Waals surface area contributed by atoms with Crippen LogP contribution in [0, 0.1) is 0 Å². The van der Waals surface area contributed by atoms with E-state index in [1.165, 1.54) is 26.2 Å². The molecule has 0 bridgehead atoms. The summed E-state index contributed by atoms with van der Waals surface area (Å²) in [6.07, 6.45) is 1.57. The quantitative estimate of drug-likeness (QED) is 0.780. The smallest absolute Gasteiger partial charge is 0.255 e. The molecule has 0 aliphatic carbocycles. The molecule has 0 aliphatic heterocycles. The lowest BCUT2D eigenvalue weighted by Gasteiger charge is -2.12. The highest BCUT2D eigenvalue weighted by Crippen LogP contribution is 2.18. The van der Waals surface area contributed by atoms with Crippen LogP contribution >= 0.6 is 0 Å². The minimum absolute atomic E-state index is 0.0711. The first-order valence-electron chi connectivity index (χ1n) is 7.57. The van der Waals surface area contributed by atoms with Crippen molar-refractivity contribution in [2.45, 2.75) is 4.90 Å².